The Morgan fingerprint density at radius 1 is 1.20 bits per heavy atom. The molecule has 0 aliphatic rings. The van der Waals surface area contributed by atoms with Gasteiger partial charge in [0.05, 0.1) is 0 Å². The molecule has 3 nitrogen and oxygen atoms in total. The Kier molecular flexibility index (Phi) is 7.05. The third-order valence-corrected chi connectivity index (χ3v) is 3.19. The van der Waals surface area contributed by atoms with Crippen molar-refractivity contribution >= 4 is 6.03 Å². The van der Waals surface area contributed by atoms with Crippen LogP contribution < -0.4 is 10.6 Å². The van der Waals surface area contributed by atoms with Gasteiger partial charge in [0, 0.05) is 12.6 Å². The second-order valence-electron chi connectivity index (χ2n) is 5.61. The maximum atomic E-state index is 13.4. The Hall–Kier alpha value is -1.58. The number of halogens is 1. The predicted octanol–water partition coefficient (Wildman–Crippen LogP) is 3.49. The molecule has 0 bridgehead atoms. The van der Waals surface area contributed by atoms with Crippen molar-refractivity contribution in [2.24, 2.45) is 5.92 Å². The van der Waals surface area contributed by atoms with Gasteiger partial charge in [0.2, 0.25) is 0 Å². The lowest BCUT2D eigenvalue weighted by Crippen LogP contribution is -2.41. The van der Waals surface area contributed by atoms with Crippen LogP contribution in [-0.2, 0) is 6.42 Å². The summed E-state index contributed by atoms with van der Waals surface area (Å²) in [5.41, 5.74) is 0.626. The van der Waals surface area contributed by atoms with E-state index in [1.54, 1.807) is 18.2 Å². The number of amides is 2. The molecule has 0 aliphatic heterocycles. The second-order valence-corrected chi connectivity index (χ2v) is 5.61. The van der Waals surface area contributed by atoms with Crippen LogP contribution in [0.25, 0.3) is 0 Å². The van der Waals surface area contributed by atoms with Gasteiger partial charge in [0.1, 0.15) is 5.82 Å². The minimum Gasteiger partial charge on any atom is -0.338 e. The summed E-state index contributed by atoms with van der Waals surface area (Å²) in [4.78, 5) is 11.7. The van der Waals surface area contributed by atoms with Crippen molar-refractivity contribution in [3.63, 3.8) is 0 Å². The standard InChI is InChI=1S/C16H25FN2O/c1-12(2)8-9-13(3)19-16(20)18-11-10-14-6-4-5-7-15(14)17/h4-7,12-13H,8-11H2,1-3H3,(H2,18,19,20). The molecule has 0 spiro atoms. The summed E-state index contributed by atoms with van der Waals surface area (Å²) < 4.78 is 13.4. The zero-order valence-corrected chi connectivity index (χ0v) is 12.6. The van der Waals surface area contributed by atoms with Gasteiger partial charge in [-0.25, -0.2) is 9.18 Å². The fourth-order valence-corrected chi connectivity index (χ4v) is 1.94. The van der Waals surface area contributed by atoms with Crippen LogP contribution in [0.4, 0.5) is 9.18 Å². The highest BCUT2D eigenvalue weighted by atomic mass is 19.1. The van der Waals surface area contributed by atoms with Crippen molar-refractivity contribution in [2.75, 3.05) is 6.54 Å². The molecule has 112 valence electrons. The molecule has 4 heteroatoms. The molecule has 1 unspecified atom stereocenters. The molecule has 1 aromatic carbocycles. The average Bonchev–Trinajstić information content (AvgIpc) is 2.38. The highest BCUT2D eigenvalue weighted by Gasteiger charge is 2.08. The Balaban J connectivity index is 2.22. The summed E-state index contributed by atoms with van der Waals surface area (Å²) in [6.07, 6.45) is 2.57. The van der Waals surface area contributed by atoms with Crippen LogP contribution in [0.15, 0.2) is 24.3 Å². The van der Waals surface area contributed by atoms with Gasteiger partial charge in [-0.05, 0) is 43.7 Å². The number of urea groups is 1. The van der Waals surface area contributed by atoms with Gasteiger partial charge >= 0.3 is 6.03 Å². The largest absolute Gasteiger partial charge is 0.338 e. The molecule has 0 radical (unpaired) electrons. The molecule has 0 saturated heterocycles. The van der Waals surface area contributed by atoms with Gasteiger partial charge in [0.25, 0.3) is 0 Å². The minimum absolute atomic E-state index is 0.158. The highest BCUT2D eigenvalue weighted by molar-refractivity contribution is 5.74. The van der Waals surface area contributed by atoms with E-state index in [0.717, 1.165) is 12.8 Å². The molecule has 0 aromatic heterocycles. The molecule has 1 aromatic rings. The third-order valence-electron chi connectivity index (χ3n) is 3.19. The molecule has 1 atom stereocenters. The molecule has 2 amide bonds. The summed E-state index contributed by atoms with van der Waals surface area (Å²) in [7, 11) is 0. The van der Waals surface area contributed by atoms with Crippen molar-refractivity contribution in [1.29, 1.82) is 0 Å². The van der Waals surface area contributed by atoms with E-state index in [0.29, 0.717) is 24.4 Å². The van der Waals surface area contributed by atoms with E-state index in [1.165, 1.54) is 6.07 Å². The molecule has 0 aliphatic carbocycles. The van der Waals surface area contributed by atoms with Crippen LogP contribution in [0.1, 0.15) is 39.2 Å². The molecular weight excluding hydrogens is 255 g/mol. The molecule has 0 saturated carbocycles. The lowest BCUT2D eigenvalue weighted by molar-refractivity contribution is 0.236. The number of nitrogens with one attached hydrogen (secondary N) is 2. The van der Waals surface area contributed by atoms with Gasteiger partial charge in [-0.1, -0.05) is 32.0 Å². The van der Waals surface area contributed by atoms with Crippen LogP contribution >= 0.6 is 0 Å². The van der Waals surface area contributed by atoms with E-state index in [1.807, 2.05) is 6.92 Å². The molecule has 0 fully saturated rings. The van der Waals surface area contributed by atoms with Crippen molar-refractivity contribution in [3.05, 3.63) is 35.6 Å². The number of rotatable bonds is 7. The Labute approximate surface area is 121 Å². The van der Waals surface area contributed by atoms with E-state index in [9.17, 15) is 9.18 Å². The number of carbonyl (C=O) groups is 1. The smallest absolute Gasteiger partial charge is 0.315 e. The van der Waals surface area contributed by atoms with Gasteiger partial charge < -0.3 is 10.6 Å². The zero-order chi connectivity index (χ0) is 15.0. The number of benzene rings is 1. The molecule has 0 heterocycles. The number of carbonyl (C=O) groups excluding carboxylic acids is 1. The normalized spacial score (nSPS) is 12.2. The molecule has 1 rings (SSSR count). The topological polar surface area (TPSA) is 41.1 Å². The second kappa shape index (κ2) is 8.56. The van der Waals surface area contributed by atoms with Crippen molar-refractivity contribution in [3.8, 4) is 0 Å². The van der Waals surface area contributed by atoms with Gasteiger partial charge in [0.15, 0.2) is 0 Å². The third kappa shape index (κ3) is 6.55. The molecule has 20 heavy (non-hydrogen) atoms. The van der Waals surface area contributed by atoms with Crippen molar-refractivity contribution < 1.29 is 9.18 Å². The van der Waals surface area contributed by atoms with Crippen molar-refractivity contribution in [2.45, 2.75) is 46.1 Å². The van der Waals surface area contributed by atoms with Crippen LogP contribution in [0.3, 0.4) is 0 Å². The Bertz CT molecular complexity index is 421. The van der Waals surface area contributed by atoms with Crippen LogP contribution in [-0.4, -0.2) is 18.6 Å². The quantitative estimate of drug-likeness (QED) is 0.788. The fourth-order valence-electron chi connectivity index (χ4n) is 1.94. The maximum Gasteiger partial charge on any atom is 0.315 e. The lowest BCUT2D eigenvalue weighted by Gasteiger charge is -2.15. The Morgan fingerprint density at radius 2 is 1.90 bits per heavy atom. The fraction of sp³-hybridized carbons (Fsp3) is 0.562. The Morgan fingerprint density at radius 3 is 2.55 bits per heavy atom. The first-order valence-electron chi connectivity index (χ1n) is 7.26. The minimum atomic E-state index is -0.222. The summed E-state index contributed by atoms with van der Waals surface area (Å²) >= 11 is 0. The predicted molar refractivity (Wildman–Crippen MR) is 80.2 cm³/mol. The van der Waals surface area contributed by atoms with Crippen LogP contribution in [0.2, 0.25) is 0 Å². The van der Waals surface area contributed by atoms with E-state index in [2.05, 4.69) is 24.5 Å². The SMILES string of the molecule is CC(C)CCC(C)NC(=O)NCCc1ccccc1F. The van der Waals surface area contributed by atoms with Crippen LogP contribution in [0, 0.1) is 11.7 Å². The zero-order valence-electron chi connectivity index (χ0n) is 12.6. The first-order chi connectivity index (χ1) is 9.49. The number of hydrogen-bond acceptors (Lipinski definition) is 1. The summed E-state index contributed by atoms with van der Waals surface area (Å²) in [6.45, 7) is 6.77. The molecule has 2 N–H and O–H groups in total. The van der Waals surface area contributed by atoms with Gasteiger partial charge in [-0.3, -0.25) is 0 Å². The van der Waals surface area contributed by atoms with E-state index >= 15 is 0 Å². The van der Waals surface area contributed by atoms with E-state index < -0.39 is 0 Å². The summed E-state index contributed by atoms with van der Waals surface area (Å²) in [5, 5.41) is 5.65. The van der Waals surface area contributed by atoms with Crippen molar-refractivity contribution in [1.82, 2.24) is 10.6 Å². The first-order valence-corrected chi connectivity index (χ1v) is 7.26. The summed E-state index contributed by atoms with van der Waals surface area (Å²) in [5.74, 6) is 0.420. The lowest BCUT2D eigenvalue weighted by atomic mass is 10.0. The summed E-state index contributed by atoms with van der Waals surface area (Å²) in [6, 6.07) is 6.61. The molecular formula is C16H25FN2O. The maximum absolute atomic E-state index is 13.4. The monoisotopic (exact) mass is 280 g/mol. The van der Waals surface area contributed by atoms with Gasteiger partial charge in [-0.15, -0.1) is 0 Å². The average molecular weight is 280 g/mol. The van der Waals surface area contributed by atoms with E-state index in [-0.39, 0.29) is 17.9 Å². The highest BCUT2D eigenvalue weighted by Crippen LogP contribution is 2.07. The van der Waals surface area contributed by atoms with Crippen LogP contribution in [0.5, 0.6) is 0 Å². The number of hydrogen-bond donors (Lipinski definition) is 2. The first kappa shape index (κ1) is 16.5. The van der Waals surface area contributed by atoms with Gasteiger partial charge in [-0.2, -0.15) is 0 Å². The van der Waals surface area contributed by atoms with E-state index in [4.69, 9.17) is 0 Å².